The third kappa shape index (κ3) is 3.65. The van der Waals surface area contributed by atoms with Gasteiger partial charge in [0.2, 0.25) is 5.91 Å². The van der Waals surface area contributed by atoms with Crippen molar-refractivity contribution in [2.75, 3.05) is 33.6 Å². The molecule has 1 aliphatic rings. The highest BCUT2D eigenvalue weighted by Gasteiger charge is 2.33. The van der Waals surface area contributed by atoms with Crippen LogP contribution in [-0.2, 0) is 14.3 Å². The van der Waals surface area contributed by atoms with E-state index in [1.165, 1.54) is 18.9 Å². The lowest BCUT2D eigenvalue weighted by molar-refractivity contribution is -0.141. The van der Waals surface area contributed by atoms with E-state index in [4.69, 9.17) is 9.47 Å². The molecule has 1 aromatic rings. The molecule has 1 atom stereocenters. The molecule has 0 saturated carbocycles. The molecule has 1 aliphatic heterocycles. The Morgan fingerprint density at radius 2 is 1.86 bits per heavy atom. The molecule has 1 aromatic carbocycles. The number of amides is 1. The summed E-state index contributed by atoms with van der Waals surface area (Å²) in [7, 11) is 4.51. The lowest BCUT2D eigenvalue weighted by atomic mass is 10.1. The molecule has 1 fully saturated rings. The molecule has 7 heteroatoms. The van der Waals surface area contributed by atoms with Crippen LogP contribution in [0.3, 0.4) is 0 Å². The molecule has 1 unspecified atom stereocenters. The predicted molar refractivity (Wildman–Crippen MR) is 83.1 cm³/mol. The average molecular weight is 325 g/mol. The second-order valence-corrected chi connectivity index (χ2v) is 5.79. The number of rotatable bonds is 6. The smallest absolute Gasteiger partial charge is 0.307 e. The Morgan fingerprint density at radius 1 is 1.23 bits per heavy atom. The first kappa shape index (κ1) is 16.5. The van der Waals surface area contributed by atoms with Gasteiger partial charge in [-0.2, -0.15) is 0 Å². The number of nitrogens with zero attached hydrogens (tertiary/aromatic N) is 1. The number of hydrogen-bond donors (Lipinski definition) is 0. The summed E-state index contributed by atoms with van der Waals surface area (Å²) in [5, 5.41) is -0.152. The SMILES string of the molecule is COC(=O)CCN1C(=O)CSC1c1cc(OC)cc(OC)c1. The van der Waals surface area contributed by atoms with Crippen LogP contribution in [0.1, 0.15) is 17.4 Å². The van der Waals surface area contributed by atoms with Crippen molar-refractivity contribution in [3.05, 3.63) is 23.8 Å². The molecule has 0 bridgehead atoms. The quantitative estimate of drug-likeness (QED) is 0.744. The maximum absolute atomic E-state index is 12.1. The van der Waals surface area contributed by atoms with Gasteiger partial charge < -0.3 is 19.1 Å². The summed E-state index contributed by atoms with van der Waals surface area (Å²) >= 11 is 1.52. The van der Waals surface area contributed by atoms with Crippen LogP contribution in [0.4, 0.5) is 0 Å². The molecule has 1 amide bonds. The lowest BCUT2D eigenvalue weighted by Crippen LogP contribution is -2.30. The van der Waals surface area contributed by atoms with Gasteiger partial charge in [0.1, 0.15) is 16.9 Å². The molecule has 1 saturated heterocycles. The number of carbonyl (C=O) groups is 2. The van der Waals surface area contributed by atoms with Crippen molar-refractivity contribution in [1.29, 1.82) is 0 Å². The van der Waals surface area contributed by atoms with E-state index >= 15 is 0 Å². The van der Waals surface area contributed by atoms with Crippen molar-refractivity contribution in [2.45, 2.75) is 11.8 Å². The van der Waals surface area contributed by atoms with E-state index in [1.807, 2.05) is 12.1 Å². The second-order valence-electron chi connectivity index (χ2n) is 4.72. The Kier molecular flexibility index (Phi) is 5.54. The molecular formula is C15H19NO5S. The predicted octanol–water partition coefficient (Wildman–Crippen LogP) is 1.84. The van der Waals surface area contributed by atoms with Gasteiger partial charge in [0.15, 0.2) is 0 Å². The minimum absolute atomic E-state index is 0.0145. The van der Waals surface area contributed by atoms with Crippen LogP contribution in [0.5, 0.6) is 11.5 Å². The molecule has 0 N–H and O–H groups in total. The van der Waals surface area contributed by atoms with Gasteiger partial charge in [-0.1, -0.05) is 0 Å². The first-order chi connectivity index (χ1) is 10.6. The van der Waals surface area contributed by atoms with Crippen LogP contribution in [0, 0.1) is 0 Å². The standard InChI is InChI=1S/C15H19NO5S/c1-19-11-6-10(7-12(8-11)20-2)15-16(13(17)9-22-15)5-4-14(18)21-3/h6-8,15H,4-5,9H2,1-3H3. The van der Waals surface area contributed by atoms with Crippen LogP contribution >= 0.6 is 11.8 Å². The summed E-state index contributed by atoms with van der Waals surface area (Å²) in [4.78, 5) is 25.1. The fraction of sp³-hybridized carbons (Fsp3) is 0.467. The Labute approximate surface area is 133 Å². The fourth-order valence-corrected chi connectivity index (χ4v) is 3.46. The Balaban J connectivity index is 2.21. The molecule has 0 aliphatic carbocycles. The molecule has 120 valence electrons. The van der Waals surface area contributed by atoms with E-state index < -0.39 is 0 Å². The van der Waals surface area contributed by atoms with Crippen LogP contribution in [0.25, 0.3) is 0 Å². The van der Waals surface area contributed by atoms with Crippen molar-refractivity contribution in [1.82, 2.24) is 4.90 Å². The molecule has 1 heterocycles. The van der Waals surface area contributed by atoms with Crippen LogP contribution in [-0.4, -0.2) is 50.4 Å². The first-order valence-corrected chi connectivity index (χ1v) is 7.84. The maximum atomic E-state index is 12.1. The minimum Gasteiger partial charge on any atom is -0.497 e. The van der Waals surface area contributed by atoms with Gasteiger partial charge in [-0.15, -0.1) is 11.8 Å². The van der Waals surface area contributed by atoms with E-state index in [0.717, 1.165) is 5.56 Å². The van der Waals surface area contributed by atoms with Gasteiger partial charge in [0.25, 0.3) is 0 Å². The van der Waals surface area contributed by atoms with Crippen molar-refractivity contribution >= 4 is 23.6 Å². The normalized spacial score (nSPS) is 17.5. The summed E-state index contributed by atoms with van der Waals surface area (Å²) in [5.41, 5.74) is 0.914. The number of methoxy groups -OCH3 is 3. The summed E-state index contributed by atoms with van der Waals surface area (Å²) in [5.74, 6) is 1.42. The zero-order chi connectivity index (χ0) is 16.1. The highest BCUT2D eigenvalue weighted by molar-refractivity contribution is 8.00. The molecule has 2 rings (SSSR count). The zero-order valence-corrected chi connectivity index (χ0v) is 13.6. The van der Waals surface area contributed by atoms with E-state index in [9.17, 15) is 9.59 Å². The number of ether oxygens (including phenoxy) is 3. The summed E-state index contributed by atoms with van der Waals surface area (Å²) in [6.45, 7) is 0.336. The van der Waals surface area contributed by atoms with Crippen molar-refractivity contribution in [2.24, 2.45) is 0 Å². The molecule has 0 aromatic heterocycles. The third-order valence-electron chi connectivity index (χ3n) is 3.41. The van der Waals surface area contributed by atoms with Crippen LogP contribution in [0.15, 0.2) is 18.2 Å². The summed E-state index contributed by atoms with van der Waals surface area (Å²) in [6, 6.07) is 5.54. The number of thioether (sulfide) groups is 1. The van der Waals surface area contributed by atoms with Gasteiger partial charge in [-0.3, -0.25) is 9.59 Å². The molecular weight excluding hydrogens is 306 g/mol. The number of hydrogen-bond acceptors (Lipinski definition) is 6. The summed E-state index contributed by atoms with van der Waals surface area (Å²) < 4.78 is 15.2. The number of carbonyl (C=O) groups excluding carboxylic acids is 2. The fourth-order valence-electron chi connectivity index (χ4n) is 2.26. The highest BCUT2D eigenvalue weighted by Crippen LogP contribution is 2.41. The van der Waals surface area contributed by atoms with E-state index in [1.54, 1.807) is 25.2 Å². The van der Waals surface area contributed by atoms with Crippen LogP contribution < -0.4 is 9.47 Å². The number of esters is 1. The van der Waals surface area contributed by atoms with Crippen LogP contribution in [0.2, 0.25) is 0 Å². The van der Waals surface area contributed by atoms with E-state index in [2.05, 4.69) is 4.74 Å². The molecule has 0 radical (unpaired) electrons. The topological polar surface area (TPSA) is 65.1 Å². The van der Waals surface area contributed by atoms with Gasteiger partial charge >= 0.3 is 5.97 Å². The van der Waals surface area contributed by atoms with Gasteiger partial charge in [0, 0.05) is 12.6 Å². The Bertz CT molecular complexity index is 541. The van der Waals surface area contributed by atoms with Gasteiger partial charge in [-0.05, 0) is 17.7 Å². The summed E-state index contributed by atoms with van der Waals surface area (Å²) in [6.07, 6.45) is 0.181. The number of benzene rings is 1. The van der Waals surface area contributed by atoms with Gasteiger partial charge in [0.05, 0.1) is 33.5 Å². The Hall–Kier alpha value is -1.89. The van der Waals surface area contributed by atoms with Crippen molar-refractivity contribution in [3.63, 3.8) is 0 Å². The first-order valence-electron chi connectivity index (χ1n) is 6.80. The monoisotopic (exact) mass is 325 g/mol. The van der Waals surface area contributed by atoms with E-state index in [0.29, 0.717) is 23.8 Å². The molecule has 22 heavy (non-hydrogen) atoms. The molecule has 0 spiro atoms. The minimum atomic E-state index is -0.327. The lowest BCUT2D eigenvalue weighted by Gasteiger charge is -2.24. The maximum Gasteiger partial charge on any atom is 0.307 e. The van der Waals surface area contributed by atoms with Gasteiger partial charge in [-0.25, -0.2) is 0 Å². The van der Waals surface area contributed by atoms with E-state index in [-0.39, 0.29) is 23.7 Å². The Morgan fingerprint density at radius 3 is 2.41 bits per heavy atom. The largest absolute Gasteiger partial charge is 0.497 e. The third-order valence-corrected chi connectivity index (χ3v) is 4.67. The highest BCUT2D eigenvalue weighted by atomic mass is 32.2. The molecule has 6 nitrogen and oxygen atoms in total. The average Bonchev–Trinajstić information content (AvgIpc) is 2.92. The zero-order valence-electron chi connectivity index (χ0n) is 12.8. The van der Waals surface area contributed by atoms with Crippen molar-refractivity contribution in [3.8, 4) is 11.5 Å². The second kappa shape index (κ2) is 7.40. The van der Waals surface area contributed by atoms with Crippen molar-refractivity contribution < 1.29 is 23.8 Å².